The molecule has 3 unspecified atom stereocenters. The number of rotatable bonds is 5. The van der Waals surface area contributed by atoms with Crippen molar-refractivity contribution in [1.82, 2.24) is 4.31 Å². The van der Waals surface area contributed by atoms with Gasteiger partial charge in [0.2, 0.25) is 10.0 Å². The Bertz CT molecular complexity index is 755. The first-order valence-corrected chi connectivity index (χ1v) is 9.57. The molecule has 9 heteroatoms. The first kappa shape index (κ1) is 17.5. The van der Waals surface area contributed by atoms with Crippen molar-refractivity contribution in [2.75, 3.05) is 19.7 Å². The van der Waals surface area contributed by atoms with E-state index in [2.05, 4.69) is 0 Å². The van der Waals surface area contributed by atoms with Crippen molar-refractivity contribution >= 4 is 27.5 Å². The first-order chi connectivity index (χ1) is 11.3. The molecule has 0 radical (unpaired) electrons. The van der Waals surface area contributed by atoms with Crippen molar-refractivity contribution < 1.29 is 17.9 Å². The van der Waals surface area contributed by atoms with E-state index in [0.29, 0.717) is 19.0 Å². The number of hydrogen-bond donors (Lipinski definition) is 2. The first-order valence-electron chi connectivity index (χ1n) is 7.75. The minimum atomic E-state index is -3.79. The maximum absolute atomic E-state index is 13.0. The molecule has 3 rings (SSSR count). The fraction of sp³-hybridized carbons (Fsp3) is 0.533. The Labute approximate surface area is 145 Å². The molecule has 1 aromatic rings. The van der Waals surface area contributed by atoms with Gasteiger partial charge in [-0.3, -0.25) is 4.79 Å². The van der Waals surface area contributed by atoms with Crippen LogP contribution in [0.4, 0.5) is 0 Å². The third-order valence-electron chi connectivity index (χ3n) is 4.77. The number of amides is 1. The Morgan fingerprint density at radius 3 is 2.75 bits per heavy atom. The van der Waals surface area contributed by atoms with E-state index in [0.717, 1.165) is 12.8 Å². The molecular weight excluding hydrogens is 354 g/mol. The molecule has 1 saturated heterocycles. The van der Waals surface area contributed by atoms with E-state index in [4.69, 9.17) is 27.8 Å². The highest BCUT2D eigenvalue weighted by molar-refractivity contribution is 7.89. The van der Waals surface area contributed by atoms with Gasteiger partial charge in [0.1, 0.15) is 10.6 Å². The van der Waals surface area contributed by atoms with Gasteiger partial charge in [0, 0.05) is 24.2 Å². The van der Waals surface area contributed by atoms with E-state index in [1.807, 2.05) is 0 Å². The van der Waals surface area contributed by atoms with Crippen molar-refractivity contribution in [2.24, 2.45) is 23.3 Å². The van der Waals surface area contributed by atoms with Gasteiger partial charge in [-0.1, -0.05) is 11.6 Å². The van der Waals surface area contributed by atoms with Crippen LogP contribution < -0.4 is 16.2 Å². The van der Waals surface area contributed by atoms with Crippen molar-refractivity contribution in [3.8, 4) is 5.75 Å². The summed E-state index contributed by atoms with van der Waals surface area (Å²) in [5.74, 6) is -0.132. The number of sulfonamides is 1. The monoisotopic (exact) mass is 373 g/mol. The van der Waals surface area contributed by atoms with Crippen LogP contribution in [0.1, 0.15) is 12.8 Å². The molecule has 3 atom stereocenters. The molecule has 7 nitrogen and oxygen atoms in total. The minimum Gasteiger partial charge on any atom is -0.482 e. The number of fused-ring (bicyclic) bond motifs is 1. The van der Waals surface area contributed by atoms with Gasteiger partial charge in [-0.15, -0.1) is 0 Å². The molecule has 132 valence electrons. The summed E-state index contributed by atoms with van der Waals surface area (Å²) in [7, 11) is -3.79. The molecule has 0 bridgehead atoms. The van der Waals surface area contributed by atoms with Crippen molar-refractivity contribution in [1.29, 1.82) is 0 Å². The zero-order valence-electron chi connectivity index (χ0n) is 13.0. The molecule has 1 aromatic carbocycles. The Morgan fingerprint density at radius 2 is 2.08 bits per heavy atom. The summed E-state index contributed by atoms with van der Waals surface area (Å²) in [6.07, 6.45) is 1.88. The second-order valence-corrected chi connectivity index (χ2v) is 8.68. The SMILES string of the molecule is NC(=O)COc1ccc(Cl)cc1S(=O)(=O)N1CC2CCC(N)C2C1. The van der Waals surface area contributed by atoms with Gasteiger partial charge in [-0.25, -0.2) is 8.42 Å². The average molecular weight is 374 g/mol. The van der Waals surface area contributed by atoms with Crippen LogP contribution in [-0.2, 0) is 14.8 Å². The van der Waals surface area contributed by atoms with E-state index in [1.165, 1.54) is 22.5 Å². The fourth-order valence-electron chi connectivity index (χ4n) is 3.55. The van der Waals surface area contributed by atoms with Gasteiger partial charge in [0.15, 0.2) is 6.61 Å². The summed E-state index contributed by atoms with van der Waals surface area (Å²) >= 11 is 5.96. The summed E-state index contributed by atoms with van der Waals surface area (Å²) in [6, 6.07) is 4.31. The van der Waals surface area contributed by atoms with E-state index in [1.54, 1.807) is 0 Å². The number of nitrogens with two attached hydrogens (primary N) is 2. The second-order valence-electron chi connectivity index (χ2n) is 6.33. The van der Waals surface area contributed by atoms with E-state index >= 15 is 0 Å². The highest BCUT2D eigenvalue weighted by Gasteiger charge is 2.45. The summed E-state index contributed by atoms with van der Waals surface area (Å²) in [4.78, 5) is 10.9. The fourth-order valence-corrected chi connectivity index (χ4v) is 5.48. The molecule has 24 heavy (non-hydrogen) atoms. The Morgan fingerprint density at radius 1 is 1.33 bits per heavy atom. The van der Waals surface area contributed by atoms with E-state index < -0.39 is 22.5 Å². The largest absolute Gasteiger partial charge is 0.482 e. The van der Waals surface area contributed by atoms with Crippen molar-refractivity contribution in [3.05, 3.63) is 23.2 Å². The van der Waals surface area contributed by atoms with Gasteiger partial charge in [0.25, 0.3) is 5.91 Å². The van der Waals surface area contributed by atoms with Gasteiger partial charge in [-0.05, 0) is 42.9 Å². The van der Waals surface area contributed by atoms with Crippen LogP contribution >= 0.6 is 11.6 Å². The smallest absolute Gasteiger partial charge is 0.255 e. The van der Waals surface area contributed by atoms with Crippen LogP contribution in [0.2, 0.25) is 5.02 Å². The minimum absolute atomic E-state index is 0.0418. The topological polar surface area (TPSA) is 116 Å². The number of hydrogen-bond acceptors (Lipinski definition) is 5. The number of primary amides is 1. The molecule has 1 saturated carbocycles. The predicted molar refractivity (Wildman–Crippen MR) is 89.1 cm³/mol. The number of benzene rings is 1. The standard InChI is InChI=1S/C15H20ClN3O4S/c16-10-2-4-13(23-8-15(18)20)14(5-10)24(21,22)19-6-9-1-3-12(17)11(9)7-19/h2,4-5,9,11-12H,1,3,6-8,17H2,(H2,18,20). The number of carbonyl (C=O) groups is 1. The lowest BCUT2D eigenvalue weighted by Gasteiger charge is -2.20. The van der Waals surface area contributed by atoms with E-state index in [-0.39, 0.29) is 27.6 Å². The molecule has 0 spiro atoms. The highest BCUT2D eigenvalue weighted by atomic mass is 35.5. The van der Waals surface area contributed by atoms with Crippen LogP contribution in [0.15, 0.2) is 23.1 Å². The van der Waals surface area contributed by atoms with Crippen LogP contribution in [0.25, 0.3) is 0 Å². The van der Waals surface area contributed by atoms with Gasteiger partial charge in [0.05, 0.1) is 0 Å². The zero-order valence-corrected chi connectivity index (χ0v) is 14.6. The van der Waals surface area contributed by atoms with Crippen LogP contribution in [0.3, 0.4) is 0 Å². The normalized spacial score (nSPS) is 27.2. The lowest BCUT2D eigenvalue weighted by Crippen LogP contribution is -2.33. The Hall–Kier alpha value is -1.35. The van der Waals surface area contributed by atoms with Crippen LogP contribution in [-0.4, -0.2) is 44.4 Å². The number of carbonyl (C=O) groups excluding carboxylic acids is 1. The molecule has 2 fully saturated rings. The quantitative estimate of drug-likeness (QED) is 0.782. The third kappa shape index (κ3) is 3.23. The average Bonchev–Trinajstić information content (AvgIpc) is 3.09. The summed E-state index contributed by atoms with van der Waals surface area (Å²) in [6.45, 7) is 0.443. The lowest BCUT2D eigenvalue weighted by atomic mass is 9.98. The van der Waals surface area contributed by atoms with Crippen molar-refractivity contribution in [3.63, 3.8) is 0 Å². The summed E-state index contributed by atoms with van der Waals surface area (Å²) in [5.41, 5.74) is 11.1. The molecule has 0 aromatic heterocycles. The zero-order chi connectivity index (χ0) is 17.5. The van der Waals surface area contributed by atoms with Crippen LogP contribution in [0, 0.1) is 11.8 Å². The maximum atomic E-state index is 13.0. The van der Waals surface area contributed by atoms with E-state index in [9.17, 15) is 13.2 Å². The van der Waals surface area contributed by atoms with Gasteiger partial charge < -0.3 is 16.2 Å². The number of ether oxygens (including phenoxy) is 1. The second kappa shape index (κ2) is 6.51. The number of halogens is 1. The maximum Gasteiger partial charge on any atom is 0.255 e. The molecule has 1 heterocycles. The molecular formula is C15H20ClN3O4S. The molecule has 1 aliphatic carbocycles. The summed E-state index contributed by atoms with van der Waals surface area (Å²) in [5, 5.41) is 0.274. The molecule has 1 aliphatic heterocycles. The Kier molecular flexibility index (Phi) is 4.74. The van der Waals surface area contributed by atoms with Gasteiger partial charge in [-0.2, -0.15) is 4.31 Å². The van der Waals surface area contributed by atoms with Crippen molar-refractivity contribution in [2.45, 2.75) is 23.8 Å². The summed E-state index contributed by atoms with van der Waals surface area (Å²) < 4.78 is 32.7. The van der Waals surface area contributed by atoms with Crippen LogP contribution in [0.5, 0.6) is 5.75 Å². The highest BCUT2D eigenvalue weighted by Crippen LogP contribution is 2.40. The predicted octanol–water partition coefficient (Wildman–Crippen LogP) is 0.562. The van der Waals surface area contributed by atoms with Gasteiger partial charge >= 0.3 is 0 Å². The number of nitrogens with zero attached hydrogens (tertiary/aromatic N) is 1. The molecule has 1 amide bonds. The third-order valence-corrected chi connectivity index (χ3v) is 6.86. The molecule has 4 N–H and O–H groups in total. The molecule has 2 aliphatic rings. The Balaban J connectivity index is 1.89. The lowest BCUT2D eigenvalue weighted by molar-refractivity contribution is -0.120.